The molecule has 0 radical (unpaired) electrons. The molecule has 1 aromatic carbocycles. The van der Waals surface area contributed by atoms with E-state index in [-0.39, 0.29) is 6.10 Å². The molecule has 1 N–H and O–H groups in total. The Bertz CT molecular complexity index is 415. The molecule has 2 heterocycles. The number of nitrogens with one attached hydrogen (secondary N) is 1. The molecule has 1 saturated heterocycles. The summed E-state index contributed by atoms with van der Waals surface area (Å²) in [5.74, 6) is 0. The molecule has 0 aromatic heterocycles. The SMILES string of the molecule is c1ccc2c(c1)CCOC2CNCCN1CCCCC1. The van der Waals surface area contributed by atoms with Crippen LogP contribution < -0.4 is 5.32 Å². The lowest BCUT2D eigenvalue weighted by atomic mass is 9.97. The largest absolute Gasteiger partial charge is 0.372 e. The first kappa shape index (κ1) is 14.1. The summed E-state index contributed by atoms with van der Waals surface area (Å²) in [6.45, 7) is 6.60. The predicted molar refractivity (Wildman–Crippen MR) is 82.0 cm³/mol. The fourth-order valence-electron chi connectivity index (χ4n) is 3.30. The van der Waals surface area contributed by atoms with Crippen LogP contribution >= 0.6 is 0 Å². The molecule has 110 valence electrons. The van der Waals surface area contributed by atoms with E-state index in [2.05, 4.69) is 34.5 Å². The summed E-state index contributed by atoms with van der Waals surface area (Å²) in [6.07, 6.45) is 5.45. The van der Waals surface area contributed by atoms with Crippen LogP contribution in [0.1, 0.15) is 36.5 Å². The minimum absolute atomic E-state index is 0.237. The molecule has 1 fully saturated rings. The van der Waals surface area contributed by atoms with Gasteiger partial charge in [0.05, 0.1) is 12.7 Å². The summed E-state index contributed by atoms with van der Waals surface area (Å²) in [5, 5.41) is 3.58. The molecule has 0 saturated carbocycles. The van der Waals surface area contributed by atoms with Crippen molar-refractivity contribution in [2.75, 3.05) is 39.3 Å². The monoisotopic (exact) mass is 274 g/mol. The number of rotatable bonds is 5. The first-order valence-corrected chi connectivity index (χ1v) is 8.06. The topological polar surface area (TPSA) is 24.5 Å². The molecule has 0 spiro atoms. The van der Waals surface area contributed by atoms with E-state index < -0.39 is 0 Å². The van der Waals surface area contributed by atoms with E-state index >= 15 is 0 Å². The van der Waals surface area contributed by atoms with Crippen molar-refractivity contribution in [3.63, 3.8) is 0 Å². The average molecular weight is 274 g/mol. The van der Waals surface area contributed by atoms with Crippen LogP contribution in [0.15, 0.2) is 24.3 Å². The second kappa shape index (κ2) is 7.21. The van der Waals surface area contributed by atoms with Gasteiger partial charge in [-0.3, -0.25) is 0 Å². The van der Waals surface area contributed by atoms with Crippen LogP contribution in [0, 0.1) is 0 Å². The molecule has 0 bridgehead atoms. The predicted octanol–water partition coefficient (Wildman–Crippen LogP) is 2.38. The molecule has 0 aliphatic carbocycles. The van der Waals surface area contributed by atoms with E-state index in [0.717, 1.165) is 26.1 Å². The fourth-order valence-corrected chi connectivity index (χ4v) is 3.30. The first-order valence-electron chi connectivity index (χ1n) is 8.06. The van der Waals surface area contributed by atoms with E-state index in [0.29, 0.717) is 0 Å². The molecule has 0 amide bonds. The molecule has 3 nitrogen and oxygen atoms in total. The Hall–Kier alpha value is -0.900. The van der Waals surface area contributed by atoms with E-state index in [1.54, 1.807) is 0 Å². The highest BCUT2D eigenvalue weighted by Gasteiger charge is 2.19. The van der Waals surface area contributed by atoms with Crippen molar-refractivity contribution >= 4 is 0 Å². The average Bonchev–Trinajstić information content (AvgIpc) is 2.53. The zero-order valence-electron chi connectivity index (χ0n) is 12.3. The summed E-state index contributed by atoms with van der Waals surface area (Å²) in [5.41, 5.74) is 2.84. The second-order valence-corrected chi connectivity index (χ2v) is 5.91. The first-order chi connectivity index (χ1) is 9.93. The molecule has 2 aliphatic heterocycles. The summed E-state index contributed by atoms with van der Waals surface area (Å²) in [6, 6.07) is 8.70. The number of benzene rings is 1. The molecule has 2 aliphatic rings. The van der Waals surface area contributed by atoms with Gasteiger partial charge in [0, 0.05) is 19.6 Å². The molecule has 20 heavy (non-hydrogen) atoms. The van der Waals surface area contributed by atoms with Crippen molar-refractivity contribution in [3.05, 3.63) is 35.4 Å². The Morgan fingerprint density at radius 3 is 2.90 bits per heavy atom. The van der Waals surface area contributed by atoms with Crippen LogP contribution in [-0.2, 0) is 11.2 Å². The van der Waals surface area contributed by atoms with Gasteiger partial charge < -0.3 is 15.0 Å². The van der Waals surface area contributed by atoms with Crippen LogP contribution in [0.4, 0.5) is 0 Å². The molecule has 1 aromatic rings. The van der Waals surface area contributed by atoms with Crippen LogP contribution in [-0.4, -0.2) is 44.2 Å². The Morgan fingerprint density at radius 1 is 1.15 bits per heavy atom. The third-order valence-corrected chi connectivity index (χ3v) is 4.48. The van der Waals surface area contributed by atoms with Gasteiger partial charge in [-0.25, -0.2) is 0 Å². The Morgan fingerprint density at radius 2 is 2.00 bits per heavy atom. The maximum absolute atomic E-state index is 5.92. The third-order valence-electron chi connectivity index (χ3n) is 4.48. The minimum atomic E-state index is 0.237. The summed E-state index contributed by atoms with van der Waals surface area (Å²) in [7, 11) is 0. The zero-order chi connectivity index (χ0) is 13.6. The number of nitrogens with zero attached hydrogens (tertiary/aromatic N) is 1. The molecule has 3 rings (SSSR count). The van der Waals surface area contributed by atoms with Crippen LogP contribution in [0.25, 0.3) is 0 Å². The fraction of sp³-hybridized carbons (Fsp3) is 0.647. The maximum Gasteiger partial charge on any atom is 0.0952 e. The molecule has 3 heteroatoms. The minimum Gasteiger partial charge on any atom is -0.372 e. The Balaban J connectivity index is 1.43. The summed E-state index contributed by atoms with van der Waals surface area (Å²) >= 11 is 0. The van der Waals surface area contributed by atoms with Gasteiger partial charge in [0.25, 0.3) is 0 Å². The van der Waals surface area contributed by atoms with Crippen molar-refractivity contribution in [2.45, 2.75) is 31.8 Å². The summed E-state index contributed by atoms with van der Waals surface area (Å²) < 4.78 is 5.92. The van der Waals surface area contributed by atoms with Crippen molar-refractivity contribution in [1.82, 2.24) is 10.2 Å². The lowest BCUT2D eigenvalue weighted by Gasteiger charge is -2.28. The normalized spacial score (nSPS) is 23.5. The number of fused-ring (bicyclic) bond motifs is 1. The lowest BCUT2D eigenvalue weighted by molar-refractivity contribution is 0.0421. The lowest BCUT2D eigenvalue weighted by Crippen LogP contribution is -2.37. The second-order valence-electron chi connectivity index (χ2n) is 5.91. The molecule has 1 atom stereocenters. The van der Waals surface area contributed by atoms with E-state index in [1.807, 2.05) is 0 Å². The molecule has 1 unspecified atom stereocenters. The van der Waals surface area contributed by atoms with Gasteiger partial charge in [0.15, 0.2) is 0 Å². The molecular formula is C17H26N2O. The maximum atomic E-state index is 5.92. The number of ether oxygens (including phenoxy) is 1. The van der Waals surface area contributed by atoms with E-state index in [4.69, 9.17) is 4.74 Å². The Labute approximate surface area is 122 Å². The smallest absolute Gasteiger partial charge is 0.0952 e. The van der Waals surface area contributed by atoms with Crippen molar-refractivity contribution < 1.29 is 4.74 Å². The van der Waals surface area contributed by atoms with Gasteiger partial charge in [-0.1, -0.05) is 30.7 Å². The van der Waals surface area contributed by atoms with Gasteiger partial charge in [-0.05, 0) is 43.5 Å². The van der Waals surface area contributed by atoms with Gasteiger partial charge in [0.1, 0.15) is 0 Å². The van der Waals surface area contributed by atoms with Crippen LogP contribution in [0.2, 0.25) is 0 Å². The van der Waals surface area contributed by atoms with Crippen LogP contribution in [0.3, 0.4) is 0 Å². The van der Waals surface area contributed by atoms with Gasteiger partial charge in [-0.2, -0.15) is 0 Å². The van der Waals surface area contributed by atoms with Crippen molar-refractivity contribution in [2.24, 2.45) is 0 Å². The quantitative estimate of drug-likeness (QED) is 0.834. The number of hydrogen-bond acceptors (Lipinski definition) is 3. The highest BCUT2D eigenvalue weighted by Crippen LogP contribution is 2.26. The number of likely N-dealkylation sites (tertiary alicyclic amines) is 1. The standard InChI is InChI=1S/C17H26N2O/c1-4-10-19(11-5-1)12-9-18-14-17-16-7-3-2-6-15(16)8-13-20-17/h2-3,6-7,17-18H,1,4-5,8-14H2. The van der Waals surface area contributed by atoms with Gasteiger partial charge >= 0.3 is 0 Å². The van der Waals surface area contributed by atoms with Crippen molar-refractivity contribution in [1.29, 1.82) is 0 Å². The third kappa shape index (κ3) is 3.60. The highest BCUT2D eigenvalue weighted by atomic mass is 16.5. The number of piperidine rings is 1. The zero-order valence-corrected chi connectivity index (χ0v) is 12.3. The summed E-state index contributed by atoms with van der Waals surface area (Å²) in [4.78, 5) is 2.58. The Kier molecular flexibility index (Phi) is 5.06. The molecular weight excluding hydrogens is 248 g/mol. The van der Waals surface area contributed by atoms with E-state index in [1.165, 1.54) is 50.0 Å². The van der Waals surface area contributed by atoms with Crippen molar-refractivity contribution in [3.8, 4) is 0 Å². The van der Waals surface area contributed by atoms with Gasteiger partial charge in [-0.15, -0.1) is 0 Å². The highest BCUT2D eigenvalue weighted by molar-refractivity contribution is 5.31. The van der Waals surface area contributed by atoms with E-state index in [9.17, 15) is 0 Å². The van der Waals surface area contributed by atoms with Crippen LogP contribution in [0.5, 0.6) is 0 Å². The van der Waals surface area contributed by atoms with Gasteiger partial charge in [0.2, 0.25) is 0 Å². The number of hydrogen-bond donors (Lipinski definition) is 1.